The Morgan fingerprint density at radius 2 is 2.33 bits per heavy atom. The predicted octanol–water partition coefficient (Wildman–Crippen LogP) is 2.61. The number of nitrogens with one attached hydrogen (secondary N) is 1. The van der Waals surface area contributed by atoms with Crippen molar-refractivity contribution < 1.29 is 9.53 Å². The third-order valence-corrected chi connectivity index (χ3v) is 2.10. The van der Waals surface area contributed by atoms with Crippen molar-refractivity contribution in [3.63, 3.8) is 0 Å². The zero-order valence-electron chi connectivity index (χ0n) is 8.98. The van der Waals surface area contributed by atoms with Gasteiger partial charge in [0.15, 0.2) is 0 Å². The van der Waals surface area contributed by atoms with Crippen molar-refractivity contribution in [2.24, 2.45) is 5.10 Å². The smallest absolute Gasteiger partial charge is 0.428 e. The van der Waals surface area contributed by atoms with Gasteiger partial charge in [-0.25, -0.2) is 10.2 Å². The van der Waals surface area contributed by atoms with Crippen LogP contribution in [0.2, 0.25) is 0 Å². The Balaban J connectivity index is 2.35. The van der Waals surface area contributed by atoms with Crippen LogP contribution in [0.15, 0.2) is 22.6 Å². The average Bonchev–Trinajstić information content (AvgIpc) is 2.53. The molecular weight excluding hydrogens is 212 g/mol. The second-order valence-electron chi connectivity index (χ2n) is 3.89. The molecule has 1 aromatic heterocycles. The van der Waals surface area contributed by atoms with Gasteiger partial charge < -0.3 is 4.74 Å². The molecule has 0 unspecified atom stereocenters. The summed E-state index contributed by atoms with van der Waals surface area (Å²) in [6.07, 6.45) is 1.03. The molecule has 5 heteroatoms. The molecule has 1 aromatic rings. The summed E-state index contributed by atoms with van der Waals surface area (Å²) in [6, 6.07) is 3.82. The maximum Gasteiger partial charge on any atom is 0.428 e. The second-order valence-corrected chi connectivity index (χ2v) is 4.87. The van der Waals surface area contributed by atoms with Crippen LogP contribution in [0, 0.1) is 0 Å². The molecule has 1 heterocycles. The summed E-state index contributed by atoms with van der Waals surface area (Å²) in [5.41, 5.74) is 1.79. The van der Waals surface area contributed by atoms with Crippen LogP contribution in [0.25, 0.3) is 0 Å². The average molecular weight is 226 g/mol. The number of thiophene rings is 1. The molecule has 82 valence electrons. The van der Waals surface area contributed by atoms with Crippen molar-refractivity contribution in [2.75, 3.05) is 0 Å². The molecule has 0 aromatic carbocycles. The molecule has 1 amide bonds. The van der Waals surface area contributed by atoms with Crippen molar-refractivity contribution >= 4 is 23.6 Å². The molecule has 1 N–H and O–H groups in total. The first-order valence-electron chi connectivity index (χ1n) is 4.53. The van der Waals surface area contributed by atoms with Crippen molar-refractivity contribution in [2.45, 2.75) is 26.4 Å². The van der Waals surface area contributed by atoms with Crippen LogP contribution in [0.3, 0.4) is 0 Å². The number of rotatable bonds is 2. The van der Waals surface area contributed by atoms with E-state index in [4.69, 9.17) is 4.74 Å². The fraction of sp³-hybridized carbons (Fsp3) is 0.400. The van der Waals surface area contributed by atoms with Gasteiger partial charge in [0.25, 0.3) is 0 Å². The van der Waals surface area contributed by atoms with Gasteiger partial charge >= 0.3 is 6.09 Å². The minimum absolute atomic E-state index is 0.497. The van der Waals surface area contributed by atoms with Crippen LogP contribution in [0.4, 0.5) is 4.79 Å². The SMILES string of the molecule is CC(C)(C)OC(=O)N/N=C\c1cccs1. The summed E-state index contributed by atoms with van der Waals surface area (Å²) in [5, 5.41) is 5.70. The van der Waals surface area contributed by atoms with E-state index in [0.717, 1.165) is 4.88 Å². The minimum Gasteiger partial charge on any atom is -0.443 e. The van der Waals surface area contributed by atoms with E-state index in [1.54, 1.807) is 38.3 Å². The summed E-state index contributed by atoms with van der Waals surface area (Å²) in [7, 11) is 0. The number of carbonyl (C=O) groups is 1. The Morgan fingerprint density at radius 1 is 1.60 bits per heavy atom. The summed E-state index contributed by atoms with van der Waals surface area (Å²) in [4.78, 5) is 12.1. The standard InChI is InChI=1S/C10H14N2O2S/c1-10(2,3)14-9(13)12-11-7-8-5-4-6-15-8/h4-7H,1-3H3,(H,12,13)/b11-7-. The van der Waals surface area contributed by atoms with E-state index >= 15 is 0 Å². The highest BCUT2D eigenvalue weighted by Gasteiger charge is 2.15. The zero-order chi connectivity index (χ0) is 11.3. The second kappa shape index (κ2) is 4.93. The number of nitrogens with zero attached hydrogens (tertiary/aromatic N) is 1. The zero-order valence-corrected chi connectivity index (χ0v) is 9.80. The van der Waals surface area contributed by atoms with Crippen LogP contribution in [-0.4, -0.2) is 17.9 Å². The highest BCUT2D eigenvalue weighted by atomic mass is 32.1. The lowest BCUT2D eigenvalue weighted by atomic mass is 10.2. The molecule has 0 saturated heterocycles. The van der Waals surface area contributed by atoms with Crippen LogP contribution in [0.1, 0.15) is 25.6 Å². The van der Waals surface area contributed by atoms with E-state index in [2.05, 4.69) is 10.5 Å². The molecule has 0 fully saturated rings. The van der Waals surface area contributed by atoms with Gasteiger partial charge in [-0.1, -0.05) is 6.07 Å². The monoisotopic (exact) mass is 226 g/mol. The van der Waals surface area contributed by atoms with Gasteiger partial charge in [-0.2, -0.15) is 5.10 Å². The molecule has 0 bridgehead atoms. The van der Waals surface area contributed by atoms with Crippen LogP contribution in [-0.2, 0) is 4.74 Å². The maximum atomic E-state index is 11.1. The van der Waals surface area contributed by atoms with Gasteiger partial charge in [0.1, 0.15) is 5.60 Å². The van der Waals surface area contributed by atoms with Gasteiger partial charge in [-0.3, -0.25) is 0 Å². The molecular formula is C10H14N2O2S. The molecule has 0 aliphatic rings. The van der Waals surface area contributed by atoms with Gasteiger partial charge in [0.05, 0.1) is 6.21 Å². The molecule has 0 aliphatic heterocycles. The fourth-order valence-electron chi connectivity index (χ4n) is 0.814. The minimum atomic E-state index is -0.546. The Morgan fingerprint density at radius 3 is 2.87 bits per heavy atom. The topological polar surface area (TPSA) is 50.7 Å². The number of hydrazone groups is 1. The molecule has 0 aliphatic carbocycles. The molecule has 0 atom stereocenters. The van der Waals surface area contributed by atoms with Crippen molar-refractivity contribution in [3.05, 3.63) is 22.4 Å². The third-order valence-electron chi connectivity index (χ3n) is 1.29. The van der Waals surface area contributed by atoms with Gasteiger partial charge in [0.2, 0.25) is 0 Å². The van der Waals surface area contributed by atoms with Gasteiger partial charge in [0, 0.05) is 4.88 Å². The summed E-state index contributed by atoms with van der Waals surface area (Å²) < 4.78 is 5.00. The Labute approximate surface area is 93.0 Å². The predicted molar refractivity (Wildman–Crippen MR) is 61.3 cm³/mol. The number of hydrogen-bond acceptors (Lipinski definition) is 4. The number of ether oxygens (including phenoxy) is 1. The Bertz CT molecular complexity index is 339. The van der Waals surface area contributed by atoms with E-state index in [-0.39, 0.29) is 0 Å². The number of carbonyl (C=O) groups excluding carboxylic acids is 1. The number of amides is 1. The van der Waals surface area contributed by atoms with Crippen LogP contribution < -0.4 is 5.43 Å². The molecule has 4 nitrogen and oxygen atoms in total. The third kappa shape index (κ3) is 5.17. The first-order chi connectivity index (χ1) is 6.97. The highest BCUT2D eigenvalue weighted by molar-refractivity contribution is 7.11. The van der Waals surface area contributed by atoms with Crippen LogP contribution in [0.5, 0.6) is 0 Å². The fourth-order valence-corrected chi connectivity index (χ4v) is 1.40. The molecule has 1 rings (SSSR count). The molecule has 0 radical (unpaired) electrons. The maximum absolute atomic E-state index is 11.1. The van der Waals surface area contributed by atoms with Gasteiger partial charge in [-0.05, 0) is 32.2 Å². The van der Waals surface area contributed by atoms with E-state index in [0.29, 0.717) is 0 Å². The normalized spacial score (nSPS) is 11.7. The summed E-state index contributed by atoms with van der Waals surface area (Å²) >= 11 is 1.55. The largest absolute Gasteiger partial charge is 0.443 e. The molecule has 0 spiro atoms. The Hall–Kier alpha value is -1.36. The lowest BCUT2D eigenvalue weighted by Gasteiger charge is -2.18. The van der Waals surface area contributed by atoms with Crippen molar-refractivity contribution in [3.8, 4) is 0 Å². The summed E-state index contributed by atoms with van der Waals surface area (Å²) in [5.74, 6) is 0. The lowest BCUT2D eigenvalue weighted by molar-refractivity contribution is 0.0529. The molecule has 0 saturated carbocycles. The first-order valence-corrected chi connectivity index (χ1v) is 5.41. The Kier molecular flexibility index (Phi) is 3.85. The highest BCUT2D eigenvalue weighted by Crippen LogP contribution is 2.06. The van der Waals surface area contributed by atoms with E-state index in [1.165, 1.54) is 0 Å². The number of hydrogen-bond donors (Lipinski definition) is 1. The van der Waals surface area contributed by atoms with E-state index in [9.17, 15) is 4.79 Å². The quantitative estimate of drug-likeness (QED) is 0.622. The van der Waals surface area contributed by atoms with Crippen LogP contribution >= 0.6 is 11.3 Å². The lowest BCUT2D eigenvalue weighted by Crippen LogP contribution is -2.29. The van der Waals surface area contributed by atoms with Crippen molar-refractivity contribution in [1.82, 2.24) is 5.43 Å². The van der Waals surface area contributed by atoms with E-state index in [1.807, 2.05) is 17.5 Å². The first kappa shape index (κ1) is 11.7. The molecule has 15 heavy (non-hydrogen) atoms. The van der Waals surface area contributed by atoms with E-state index < -0.39 is 11.7 Å². The van der Waals surface area contributed by atoms with Crippen molar-refractivity contribution in [1.29, 1.82) is 0 Å². The summed E-state index contributed by atoms with van der Waals surface area (Å²) in [6.45, 7) is 5.40. The van der Waals surface area contributed by atoms with Gasteiger partial charge in [-0.15, -0.1) is 11.3 Å².